The summed E-state index contributed by atoms with van der Waals surface area (Å²) in [5.74, 6) is 1.92. The number of carbonyl (C=O) groups excluding carboxylic acids is 1. The summed E-state index contributed by atoms with van der Waals surface area (Å²) in [6, 6.07) is 16.9. The fourth-order valence-corrected chi connectivity index (χ4v) is 3.71. The molecule has 2 aromatic carbocycles. The van der Waals surface area contributed by atoms with Gasteiger partial charge in [-0.05, 0) is 67.5 Å². The molecule has 0 aliphatic heterocycles. The first-order valence-corrected chi connectivity index (χ1v) is 11.0. The first-order valence-electron chi connectivity index (χ1n) is 11.0. The smallest absolute Gasteiger partial charge is 0.219 e. The SMILES string of the molecule is CC(=O)N(CC[C@H](c1ccc(OC(C)C)cc1)C(C)C)Cc1ccc(N(C)C)cc1. The van der Waals surface area contributed by atoms with E-state index in [0.29, 0.717) is 18.4 Å². The number of benzene rings is 2. The lowest BCUT2D eigenvalue weighted by atomic mass is 9.85. The van der Waals surface area contributed by atoms with Crippen LogP contribution in [0.1, 0.15) is 58.1 Å². The van der Waals surface area contributed by atoms with Crippen LogP contribution in [-0.4, -0.2) is 37.6 Å². The molecule has 0 fully saturated rings. The molecular weight excluding hydrogens is 372 g/mol. The van der Waals surface area contributed by atoms with Crippen molar-refractivity contribution in [1.29, 1.82) is 0 Å². The van der Waals surface area contributed by atoms with E-state index in [2.05, 4.69) is 67.3 Å². The van der Waals surface area contributed by atoms with Crippen LogP contribution in [0.3, 0.4) is 0 Å². The number of hydrogen-bond donors (Lipinski definition) is 0. The highest BCUT2D eigenvalue weighted by Crippen LogP contribution is 2.30. The van der Waals surface area contributed by atoms with E-state index in [-0.39, 0.29) is 12.0 Å². The molecule has 0 unspecified atom stereocenters. The number of ether oxygens (including phenoxy) is 1. The summed E-state index contributed by atoms with van der Waals surface area (Å²) in [6.45, 7) is 11.6. The van der Waals surface area contributed by atoms with E-state index in [1.807, 2.05) is 32.8 Å². The van der Waals surface area contributed by atoms with Crippen molar-refractivity contribution in [2.24, 2.45) is 5.92 Å². The van der Waals surface area contributed by atoms with Crippen LogP contribution >= 0.6 is 0 Å². The van der Waals surface area contributed by atoms with Crippen LogP contribution < -0.4 is 9.64 Å². The van der Waals surface area contributed by atoms with E-state index in [0.717, 1.165) is 30.0 Å². The first-order chi connectivity index (χ1) is 14.2. The van der Waals surface area contributed by atoms with E-state index in [4.69, 9.17) is 4.74 Å². The first kappa shape index (κ1) is 23.8. The molecule has 30 heavy (non-hydrogen) atoms. The summed E-state index contributed by atoms with van der Waals surface area (Å²) >= 11 is 0. The molecule has 0 radical (unpaired) electrons. The summed E-state index contributed by atoms with van der Waals surface area (Å²) in [5.41, 5.74) is 3.63. The van der Waals surface area contributed by atoms with Crippen LogP contribution in [-0.2, 0) is 11.3 Å². The number of hydrogen-bond acceptors (Lipinski definition) is 3. The molecule has 2 aromatic rings. The van der Waals surface area contributed by atoms with Crippen molar-refractivity contribution in [3.05, 3.63) is 59.7 Å². The third-order valence-electron chi connectivity index (χ3n) is 5.47. The second-order valence-electron chi connectivity index (χ2n) is 8.88. The van der Waals surface area contributed by atoms with Crippen molar-refractivity contribution in [3.8, 4) is 5.75 Å². The zero-order valence-corrected chi connectivity index (χ0v) is 19.7. The lowest BCUT2D eigenvalue weighted by Crippen LogP contribution is -2.30. The zero-order valence-electron chi connectivity index (χ0n) is 19.7. The van der Waals surface area contributed by atoms with Gasteiger partial charge in [-0.25, -0.2) is 0 Å². The standard InChI is InChI=1S/C26H38N2O2/c1-19(2)26(23-10-14-25(15-11-23)30-20(3)4)16-17-28(21(5)29)18-22-8-12-24(13-9-22)27(6)7/h8-15,19-20,26H,16-18H2,1-7H3/t26-/m0/s1. The Hall–Kier alpha value is -2.49. The van der Waals surface area contributed by atoms with Gasteiger partial charge in [0.2, 0.25) is 5.91 Å². The second kappa shape index (κ2) is 11.1. The summed E-state index contributed by atoms with van der Waals surface area (Å²) in [4.78, 5) is 16.3. The van der Waals surface area contributed by atoms with Crippen LogP contribution in [0.25, 0.3) is 0 Å². The van der Waals surface area contributed by atoms with Crippen LogP contribution in [0.15, 0.2) is 48.5 Å². The maximum atomic E-state index is 12.3. The molecule has 1 amide bonds. The maximum absolute atomic E-state index is 12.3. The topological polar surface area (TPSA) is 32.8 Å². The molecule has 0 saturated carbocycles. The monoisotopic (exact) mass is 410 g/mol. The Kier molecular flexibility index (Phi) is 8.76. The molecule has 0 aliphatic carbocycles. The molecular formula is C26H38N2O2. The minimum atomic E-state index is 0.120. The average Bonchev–Trinajstić information content (AvgIpc) is 2.68. The van der Waals surface area contributed by atoms with Gasteiger partial charge < -0.3 is 14.5 Å². The van der Waals surface area contributed by atoms with E-state index < -0.39 is 0 Å². The van der Waals surface area contributed by atoms with Gasteiger partial charge in [-0.1, -0.05) is 38.1 Å². The number of rotatable bonds is 10. The molecule has 0 saturated heterocycles. The van der Waals surface area contributed by atoms with Gasteiger partial charge in [0.1, 0.15) is 5.75 Å². The molecule has 0 bridgehead atoms. The van der Waals surface area contributed by atoms with Gasteiger partial charge in [-0.3, -0.25) is 4.79 Å². The summed E-state index contributed by atoms with van der Waals surface area (Å²) in [6.07, 6.45) is 1.12. The average molecular weight is 411 g/mol. The fraction of sp³-hybridized carbons (Fsp3) is 0.500. The quantitative estimate of drug-likeness (QED) is 0.502. The third kappa shape index (κ3) is 7.08. The van der Waals surface area contributed by atoms with Crippen molar-refractivity contribution in [1.82, 2.24) is 4.90 Å². The van der Waals surface area contributed by atoms with Gasteiger partial charge >= 0.3 is 0 Å². The van der Waals surface area contributed by atoms with Gasteiger partial charge in [0.15, 0.2) is 0 Å². The molecule has 0 heterocycles. The minimum absolute atomic E-state index is 0.120. The van der Waals surface area contributed by atoms with E-state index in [1.165, 1.54) is 5.56 Å². The van der Waals surface area contributed by atoms with Crippen molar-refractivity contribution in [3.63, 3.8) is 0 Å². The zero-order chi connectivity index (χ0) is 22.3. The number of nitrogens with zero attached hydrogens (tertiary/aromatic N) is 2. The molecule has 164 valence electrons. The Labute approximate surface area is 182 Å². The lowest BCUT2D eigenvalue weighted by Gasteiger charge is -2.27. The van der Waals surface area contributed by atoms with Crippen LogP contribution in [0, 0.1) is 5.92 Å². The number of carbonyl (C=O) groups is 1. The summed E-state index contributed by atoms with van der Waals surface area (Å²) < 4.78 is 5.77. The molecule has 1 atom stereocenters. The lowest BCUT2D eigenvalue weighted by molar-refractivity contribution is -0.129. The van der Waals surface area contributed by atoms with E-state index in [9.17, 15) is 4.79 Å². The van der Waals surface area contributed by atoms with Crippen LogP contribution in [0.4, 0.5) is 5.69 Å². The normalized spacial score (nSPS) is 12.2. The Morgan fingerprint density at radius 2 is 1.53 bits per heavy atom. The Balaban J connectivity index is 2.05. The van der Waals surface area contributed by atoms with Gasteiger partial charge in [0.05, 0.1) is 6.10 Å². The summed E-state index contributed by atoms with van der Waals surface area (Å²) in [5, 5.41) is 0. The van der Waals surface area contributed by atoms with E-state index in [1.54, 1.807) is 6.92 Å². The highest BCUT2D eigenvalue weighted by Gasteiger charge is 2.19. The van der Waals surface area contributed by atoms with E-state index >= 15 is 0 Å². The Morgan fingerprint density at radius 1 is 0.933 bits per heavy atom. The molecule has 4 nitrogen and oxygen atoms in total. The minimum Gasteiger partial charge on any atom is -0.491 e. The molecule has 0 spiro atoms. The summed E-state index contributed by atoms with van der Waals surface area (Å²) in [7, 11) is 4.06. The fourth-order valence-electron chi connectivity index (χ4n) is 3.71. The van der Waals surface area contributed by atoms with Crippen molar-refractivity contribution < 1.29 is 9.53 Å². The molecule has 0 aromatic heterocycles. The largest absolute Gasteiger partial charge is 0.491 e. The van der Waals surface area contributed by atoms with Gasteiger partial charge in [-0.15, -0.1) is 0 Å². The van der Waals surface area contributed by atoms with Crippen LogP contribution in [0.2, 0.25) is 0 Å². The van der Waals surface area contributed by atoms with Crippen LogP contribution in [0.5, 0.6) is 5.75 Å². The molecule has 2 rings (SSSR count). The predicted molar refractivity (Wildman–Crippen MR) is 126 cm³/mol. The molecule has 4 heteroatoms. The Morgan fingerprint density at radius 3 is 2.00 bits per heavy atom. The molecule has 0 aliphatic rings. The second-order valence-corrected chi connectivity index (χ2v) is 8.88. The van der Waals surface area contributed by atoms with Crippen molar-refractivity contribution in [2.75, 3.05) is 25.5 Å². The maximum Gasteiger partial charge on any atom is 0.219 e. The highest BCUT2D eigenvalue weighted by atomic mass is 16.5. The highest BCUT2D eigenvalue weighted by molar-refractivity contribution is 5.73. The van der Waals surface area contributed by atoms with Crippen molar-refractivity contribution in [2.45, 2.75) is 59.6 Å². The Bertz CT molecular complexity index is 780. The third-order valence-corrected chi connectivity index (χ3v) is 5.47. The number of anilines is 1. The predicted octanol–water partition coefficient (Wildman–Crippen LogP) is 5.72. The van der Waals surface area contributed by atoms with Crippen molar-refractivity contribution >= 4 is 11.6 Å². The van der Waals surface area contributed by atoms with Gasteiger partial charge in [-0.2, -0.15) is 0 Å². The molecule has 0 N–H and O–H groups in total. The number of amides is 1. The van der Waals surface area contributed by atoms with Gasteiger partial charge in [0, 0.05) is 39.8 Å². The van der Waals surface area contributed by atoms with Gasteiger partial charge in [0.25, 0.3) is 0 Å².